The average molecular weight is 612 g/mol. The summed E-state index contributed by atoms with van der Waals surface area (Å²) in [5, 5.41) is 13.2. The van der Waals surface area contributed by atoms with Crippen molar-refractivity contribution < 1.29 is 28.6 Å². The van der Waals surface area contributed by atoms with Crippen molar-refractivity contribution in [1.82, 2.24) is 20.1 Å². The van der Waals surface area contributed by atoms with E-state index in [0.29, 0.717) is 31.2 Å². The zero-order chi connectivity index (χ0) is 31.6. The molecule has 0 saturated carbocycles. The van der Waals surface area contributed by atoms with Gasteiger partial charge in [0.1, 0.15) is 18.5 Å². The van der Waals surface area contributed by atoms with E-state index in [9.17, 15) is 19.1 Å². The fourth-order valence-electron chi connectivity index (χ4n) is 6.39. The molecule has 1 unspecified atom stereocenters. The van der Waals surface area contributed by atoms with Crippen molar-refractivity contribution in [2.75, 3.05) is 57.4 Å². The number of rotatable bonds is 9. The fraction of sp³-hybridized carbons (Fsp3) is 0.606. The molecule has 44 heavy (non-hydrogen) atoms. The minimum absolute atomic E-state index is 0.0220. The molecule has 4 heterocycles. The van der Waals surface area contributed by atoms with Crippen LogP contribution in [0.1, 0.15) is 57.1 Å². The molecule has 1 aromatic carbocycles. The number of piperazine rings is 1. The molecule has 0 bridgehead atoms. The van der Waals surface area contributed by atoms with Gasteiger partial charge < -0.3 is 24.8 Å². The molecule has 0 aliphatic carbocycles. The van der Waals surface area contributed by atoms with Crippen molar-refractivity contribution >= 4 is 17.6 Å². The predicted octanol–water partition coefficient (Wildman–Crippen LogP) is 2.24. The summed E-state index contributed by atoms with van der Waals surface area (Å²) in [6.07, 6.45) is -0.836. The van der Waals surface area contributed by atoms with Gasteiger partial charge in [-0.1, -0.05) is 26.0 Å². The van der Waals surface area contributed by atoms with Crippen molar-refractivity contribution in [3.05, 3.63) is 58.7 Å². The van der Waals surface area contributed by atoms with Gasteiger partial charge in [-0.15, -0.1) is 0 Å². The smallest absolute Gasteiger partial charge is 0.335 e. The van der Waals surface area contributed by atoms with Crippen LogP contribution in [0.4, 0.5) is 10.1 Å². The predicted molar refractivity (Wildman–Crippen MR) is 165 cm³/mol. The van der Waals surface area contributed by atoms with Gasteiger partial charge in [-0.05, 0) is 56.5 Å². The Morgan fingerprint density at radius 3 is 2.68 bits per heavy atom. The van der Waals surface area contributed by atoms with Crippen LogP contribution in [-0.4, -0.2) is 108 Å². The third-order valence-corrected chi connectivity index (χ3v) is 8.97. The molecule has 3 aliphatic heterocycles. The largest absolute Gasteiger partial charge is 0.457 e. The van der Waals surface area contributed by atoms with Crippen molar-refractivity contribution in [3.8, 4) is 0 Å². The van der Waals surface area contributed by atoms with Crippen LogP contribution in [0.25, 0.3) is 0 Å². The Labute approximate surface area is 259 Å². The number of aromatic nitrogens is 1. The van der Waals surface area contributed by atoms with Crippen molar-refractivity contribution in [1.29, 1.82) is 0 Å². The molecule has 2 N–H and O–H groups in total. The fourth-order valence-corrected chi connectivity index (χ4v) is 6.39. The van der Waals surface area contributed by atoms with Crippen LogP contribution >= 0.6 is 0 Å². The number of benzene rings is 1. The van der Waals surface area contributed by atoms with Gasteiger partial charge in [0.15, 0.2) is 0 Å². The molecule has 2 saturated heterocycles. The number of carbonyl (C=O) groups excluding carboxylic acids is 2. The van der Waals surface area contributed by atoms with E-state index >= 15 is 0 Å². The van der Waals surface area contributed by atoms with Gasteiger partial charge in [0, 0.05) is 56.3 Å². The van der Waals surface area contributed by atoms with Gasteiger partial charge in [-0.2, -0.15) is 0 Å². The normalized spacial score (nSPS) is 24.6. The number of hydrogen-bond donors (Lipinski definition) is 2. The molecule has 4 atom stereocenters. The molecule has 11 heteroatoms. The minimum Gasteiger partial charge on any atom is -0.457 e. The monoisotopic (exact) mass is 611 g/mol. The second kappa shape index (κ2) is 13.6. The maximum atomic E-state index is 14.1. The number of halogens is 1. The SMILES string of the molecule is CC(O)C(=O)OCc1nc2c(cc1Cc1ccc(F)cc1)N(C(=O)CN1C[C@@H](C)NC[C@@H]1CN1CCOC[C@H]1C)CC2(C)C. The van der Waals surface area contributed by atoms with E-state index < -0.39 is 17.5 Å². The number of hydrogen-bond acceptors (Lipinski definition) is 9. The van der Waals surface area contributed by atoms with E-state index in [1.807, 2.05) is 11.0 Å². The lowest BCUT2D eigenvalue weighted by atomic mass is 9.90. The summed E-state index contributed by atoms with van der Waals surface area (Å²) in [6, 6.07) is 9.02. The summed E-state index contributed by atoms with van der Waals surface area (Å²) in [7, 11) is 0. The number of ether oxygens (including phenoxy) is 2. The standard InChI is InChI=1S/C33H46FN5O5/c1-21-15-38(27(14-35-21)16-37-10-11-43-18-22(37)2)17-30(41)39-20-33(4,5)31-29(39)13-25(12-24-6-8-26(34)9-7-24)28(36-31)19-44-32(42)23(3)40/h6-9,13,21-23,27,35,40H,10-12,14-20H2,1-5H3/t21-,22-,23?,27-/m1/s1. The summed E-state index contributed by atoms with van der Waals surface area (Å²) < 4.78 is 24.6. The van der Waals surface area contributed by atoms with Crippen LogP contribution in [0.3, 0.4) is 0 Å². The molecule has 5 rings (SSSR count). The van der Waals surface area contributed by atoms with Crippen LogP contribution in [0, 0.1) is 5.82 Å². The van der Waals surface area contributed by atoms with Gasteiger partial charge in [-0.3, -0.25) is 19.6 Å². The highest BCUT2D eigenvalue weighted by Crippen LogP contribution is 2.41. The van der Waals surface area contributed by atoms with Crippen LogP contribution < -0.4 is 10.2 Å². The highest BCUT2D eigenvalue weighted by Gasteiger charge is 2.41. The van der Waals surface area contributed by atoms with Crippen LogP contribution in [-0.2, 0) is 37.5 Å². The Bertz CT molecular complexity index is 1340. The van der Waals surface area contributed by atoms with Crippen LogP contribution in [0.5, 0.6) is 0 Å². The molecule has 3 aliphatic rings. The lowest BCUT2D eigenvalue weighted by Crippen LogP contribution is -2.62. The molecular weight excluding hydrogens is 565 g/mol. The van der Waals surface area contributed by atoms with Crippen LogP contribution in [0.2, 0.25) is 0 Å². The zero-order valence-corrected chi connectivity index (χ0v) is 26.5. The number of nitrogens with one attached hydrogen (secondary N) is 1. The maximum absolute atomic E-state index is 14.1. The Morgan fingerprint density at radius 1 is 1.23 bits per heavy atom. The van der Waals surface area contributed by atoms with Crippen molar-refractivity contribution in [3.63, 3.8) is 0 Å². The number of aliphatic hydroxyl groups is 1. The summed E-state index contributed by atoms with van der Waals surface area (Å²) >= 11 is 0. The van der Waals surface area contributed by atoms with Crippen molar-refractivity contribution in [2.45, 2.75) is 77.3 Å². The molecule has 10 nitrogen and oxygen atoms in total. The molecular formula is C33H46FN5O5. The molecule has 2 aromatic rings. The first-order chi connectivity index (χ1) is 20.9. The highest BCUT2D eigenvalue weighted by atomic mass is 19.1. The molecule has 2 fully saturated rings. The Hall–Kier alpha value is -2.96. The van der Waals surface area contributed by atoms with Crippen LogP contribution in [0.15, 0.2) is 30.3 Å². The zero-order valence-electron chi connectivity index (χ0n) is 26.5. The minimum atomic E-state index is -1.25. The number of fused-ring (bicyclic) bond motifs is 1. The maximum Gasteiger partial charge on any atom is 0.335 e. The third-order valence-electron chi connectivity index (χ3n) is 8.97. The van der Waals surface area contributed by atoms with Gasteiger partial charge in [0.2, 0.25) is 5.91 Å². The average Bonchev–Trinajstić information content (AvgIpc) is 3.24. The Morgan fingerprint density at radius 2 is 1.98 bits per heavy atom. The Kier molecular flexibility index (Phi) is 10.0. The number of esters is 1. The van der Waals surface area contributed by atoms with Crippen molar-refractivity contribution in [2.24, 2.45) is 0 Å². The first-order valence-electron chi connectivity index (χ1n) is 15.6. The molecule has 0 radical (unpaired) electrons. The van der Waals surface area contributed by atoms with E-state index in [2.05, 4.69) is 42.8 Å². The number of nitrogens with zero attached hydrogens (tertiary/aromatic N) is 4. The van der Waals surface area contributed by atoms with E-state index in [1.54, 1.807) is 12.1 Å². The van der Waals surface area contributed by atoms with Gasteiger partial charge in [0.25, 0.3) is 0 Å². The highest BCUT2D eigenvalue weighted by molar-refractivity contribution is 5.97. The van der Waals surface area contributed by atoms with Gasteiger partial charge in [0.05, 0.1) is 36.8 Å². The molecule has 1 amide bonds. The molecule has 240 valence electrons. The number of carbonyl (C=O) groups is 2. The Balaban J connectivity index is 1.41. The summed E-state index contributed by atoms with van der Waals surface area (Å²) in [5.41, 5.74) is 3.29. The summed E-state index contributed by atoms with van der Waals surface area (Å²) in [4.78, 5) is 37.8. The first kappa shape index (κ1) is 32.4. The lowest BCUT2D eigenvalue weighted by Gasteiger charge is -2.43. The topological polar surface area (TPSA) is 107 Å². The van der Waals surface area contributed by atoms with E-state index in [-0.39, 0.29) is 30.4 Å². The second-order valence-electron chi connectivity index (χ2n) is 13.2. The molecule has 0 spiro atoms. The first-order valence-corrected chi connectivity index (χ1v) is 15.6. The van der Waals surface area contributed by atoms with E-state index in [4.69, 9.17) is 14.5 Å². The quantitative estimate of drug-likeness (QED) is 0.413. The summed E-state index contributed by atoms with van der Waals surface area (Å²) in [5.74, 6) is -1.04. The van der Waals surface area contributed by atoms with E-state index in [0.717, 1.165) is 61.9 Å². The van der Waals surface area contributed by atoms with Gasteiger partial charge in [-0.25, -0.2) is 9.18 Å². The third kappa shape index (κ3) is 7.46. The number of morpholine rings is 1. The number of aliphatic hydroxyl groups excluding tert-OH is 1. The second-order valence-corrected chi connectivity index (χ2v) is 13.2. The lowest BCUT2D eigenvalue weighted by molar-refractivity contribution is -0.154. The number of anilines is 1. The van der Waals surface area contributed by atoms with Gasteiger partial charge >= 0.3 is 5.97 Å². The molecule has 1 aromatic heterocycles. The summed E-state index contributed by atoms with van der Waals surface area (Å²) in [6.45, 7) is 15.3. The number of pyridine rings is 1. The number of amides is 1. The van der Waals surface area contributed by atoms with E-state index in [1.165, 1.54) is 19.1 Å².